The third-order valence-corrected chi connectivity index (χ3v) is 4.52. The molecule has 1 aliphatic heterocycles. The van der Waals surface area contributed by atoms with E-state index in [1.54, 1.807) is 18.1 Å². The molecule has 0 aromatic heterocycles. The number of para-hydroxylation sites is 1. The Bertz CT molecular complexity index is 733. The SMILES string of the molecule is COc1ccc(C[C@@H](N)C(=O)N2CCc3ccccc32)c(Cl)c1. The van der Waals surface area contributed by atoms with E-state index in [0.717, 1.165) is 17.7 Å². The van der Waals surface area contributed by atoms with E-state index < -0.39 is 6.04 Å². The molecule has 5 heteroatoms. The molecule has 3 rings (SSSR count). The molecule has 0 saturated heterocycles. The molecule has 1 heterocycles. The first-order valence-corrected chi connectivity index (χ1v) is 7.95. The summed E-state index contributed by atoms with van der Waals surface area (Å²) < 4.78 is 5.13. The van der Waals surface area contributed by atoms with Gasteiger partial charge in [-0.15, -0.1) is 0 Å². The highest BCUT2D eigenvalue weighted by molar-refractivity contribution is 6.31. The van der Waals surface area contributed by atoms with E-state index in [0.29, 0.717) is 23.7 Å². The van der Waals surface area contributed by atoms with Crippen molar-refractivity contribution < 1.29 is 9.53 Å². The Hall–Kier alpha value is -2.04. The lowest BCUT2D eigenvalue weighted by Crippen LogP contribution is -2.44. The lowest BCUT2D eigenvalue weighted by molar-refractivity contribution is -0.119. The summed E-state index contributed by atoms with van der Waals surface area (Å²) in [6.45, 7) is 0.683. The highest BCUT2D eigenvalue weighted by Gasteiger charge is 2.28. The summed E-state index contributed by atoms with van der Waals surface area (Å²) in [7, 11) is 1.59. The highest BCUT2D eigenvalue weighted by atomic mass is 35.5. The van der Waals surface area contributed by atoms with Crippen molar-refractivity contribution in [2.75, 3.05) is 18.6 Å². The summed E-state index contributed by atoms with van der Waals surface area (Å²) in [6.07, 6.45) is 1.28. The Morgan fingerprint density at radius 2 is 2.13 bits per heavy atom. The molecule has 1 amide bonds. The molecule has 0 fully saturated rings. The van der Waals surface area contributed by atoms with Crippen LogP contribution < -0.4 is 15.4 Å². The first kappa shape index (κ1) is 15.8. The normalized spacial score (nSPS) is 14.5. The number of rotatable bonds is 4. The predicted octanol–water partition coefficient (Wildman–Crippen LogP) is 2.81. The van der Waals surface area contributed by atoms with Crippen LogP contribution in [0.25, 0.3) is 0 Å². The van der Waals surface area contributed by atoms with Crippen LogP contribution in [0, 0.1) is 0 Å². The van der Waals surface area contributed by atoms with Crippen LogP contribution >= 0.6 is 11.6 Å². The zero-order valence-corrected chi connectivity index (χ0v) is 13.7. The van der Waals surface area contributed by atoms with Crippen LogP contribution in [0.4, 0.5) is 5.69 Å². The molecular formula is C18H19ClN2O2. The van der Waals surface area contributed by atoms with Crippen molar-refractivity contribution in [1.29, 1.82) is 0 Å². The molecule has 0 aliphatic carbocycles. The number of carbonyl (C=O) groups excluding carboxylic acids is 1. The van der Waals surface area contributed by atoms with E-state index >= 15 is 0 Å². The van der Waals surface area contributed by atoms with Crippen molar-refractivity contribution in [3.05, 3.63) is 58.6 Å². The second-order valence-corrected chi connectivity index (χ2v) is 6.04. The van der Waals surface area contributed by atoms with Crippen LogP contribution in [-0.4, -0.2) is 25.6 Å². The summed E-state index contributed by atoms with van der Waals surface area (Å²) in [5.41, 5.74) is 9.15. The number of nitrogens with two attached hydrogens (primary N) is 1. The molecule has 4 nitrogen and oxygen atoms in total. The Labute approximate surface area is 140 Å². The molecule has 0 saturated carbocycles. The van der Waals surface area contributed by atoms with E-state index in [2.05, 4.69) is 6.07 Å². The third-order valence-electron chi connectivity index (χ3n) is 4.17. The van der Waals surface area contributed by atoms with Gasteiger partial charge in [0.1, 0.15) is 5.75 Å². The van der Waals surface area contributed by atoms with Crippen LogP contribution in [0.15, 0.2) is 42.5 Å². The average Bonchev–Trinajstić information content (AvgIpc) is 2.99. The zero-order valence-electron chi connectivity index (χ0n) is 13.0. The Morgan fingerprint density at radius 3 is 2.87 bits per heavy atom. The maximum atomic E-state index is 12.7. The molecular weight excluding hydrogens is 312 g/mol. The van der Waals surface area contributed by atoms with Gasteiger partial charge in [0.25, 0.3) is 0 Å². The van der Waals surface area contributed by atoms with Crippen molar-refractivity contribution in [3.8, 4) is 5.75 Å². The van der Waals surface area contributed by atoms with Gasteiger partial charge in [0, 0.05) is 17.3 Å². The first-order chi connectivity index (χ1) is 11.1. The molecule has 2 N–H and O–H groups in total. The van der Waals surface area contributed by atoms with Crippen molar-refractivity contribution in [2.45, 2.75) is 18.9 Å². The molecule has 0 radical (unpaired) electrons. The van der Waals surface area contributed by atoms with Gasteiger partial charge < -0.3 is 15.4 Å². The third kappa shape index (κ3) is 3.19. The van der Waals surface area contributed by atoms with Gasteiger partial charge in [-0.1, -0.05) is 35.9 Å². The number of ether oxygens (including phenoxy) is 1. The minimum Gasteiger partial charge on any atom is -0.497 e. The molecule has 120 valence electrons. The number of methoxy groups -OCH3 is 1. The summed E-state index contributed by atoms with van der Waals surface area (Å²) in [6, 6.07) is 12.7. The van der Waals surface area contributed by atoms with E-state index in [1.165, 1.54) is 5.56 Å². The molecule has 1 aliphatic rings. The number of hydrogen-bond acceptors (Lipinski definition) is 3. The van der Waals surface area contributed by atoms with Gasteiger partial charge in [0.2, 0.25) is 5.91 Å². The Kier molecular flexibility index (Phi) is 4.55. The molecule has 0 bridgehead atoms. The predicted molar refractivity (Wildman–Crippen MR) is 92.2 cm³/mol. The molecule has 0 spiro atoms. The highest BCUT2D eigenvalue weighted by Crippen LogP contribution is 2.29. The maximum absolute atomic E-state index is 12.7. The van der Waals surface area contributed by atoms with Gasteiger partial charge in [-0.05, 0) is 42.2 Å². The van der Waals surface area contributed by atoms with E-state index in [9.17, 15) is 4.79 Å². The largest absolute Gasteiger partial charge is 0.497 e. The van der Waals surface area contributed by atoms with Crippen LogP contribution in [0.1, 0.15) is 11.1 Å². The smallest absolute Gasteiger partial charge is 0.244 e. The second-order valence-electron chi connectivity index (χ2n) is 5.64. The maximum Gasteiger partial charge on any atom is 0.244 e. The summed E-state index contributed by atoms with van der Waals surface area (Å²) in [5, 5.41) is 0.564. The number of nitrogens with zero attached hydrogens (tertiary/aromatic N) is 1. The summed E-state index contributed by atoms with van der Waals surface area (Å²) >= 11 is 6.24. The lowest BCUT2D eigenvalue weighted by atomic mass is 10.0. The van der Waals surface area contributed by atoms with E-state index in [4.69, 9.17) is 22.1 Å². The summed E-state index contributed by atoms with van der Waals surface area (Å²) in [5.74, 6) is 0.619. The van der Waals surface area contributed by atoms with Crippen LogP contribution in [0.2, 0.25) is 5.02 Å². The quantitative estimate of drug-likeness (QED) is 0.938. The number of fused-ring (bicyclic) bond motifs is 1. The second kappa shape index (κ2) is 6.60. The number of halogens is 1. The number of benzene rings is 2. The van der Waals surface area contributed by atoms with Crippen molar-refractivity contribution >= 4 is 23.2 Å². The number of anilines is 1. The van der Waals surface area contributed by atoms with Gasteiger partial charge in [-0.3, -0.25) is 4.79 Å². The molecule has 2 aromatic carbocycles. The minimum absolute atomic E-state index is 0.0677. The van der Waals surface area contributed by atoms with E-state index in [-0.39, 0.29) is 5.91 Å². The topological polar surface area (TPSA) is 55.6 Å². The lowest BCUT2D eigenvalue weighted by Gasteiger charge is -2.22. The Morgan fingerprint density at radius 1 is 1.35 bits per heavy atom. The number of carbonyl (C=O) groups is 1. The van der Waals surface area contributed by atoms with Gasteiger partial charge in [-0.2, -0.15) is 0 Å². The number of hydrogen-bond donors (Lipinski definition) is 1. The molecule has 0 unspecified atom stereocenters. The first-order valence-electron chi connectivity index (χ1n) is 7.57. The molecule has 1 atom stereocenters. The van der Waals surface area contributed by atoms with Crippen LogP contribution in [0.5, 0.6) is 5.75 Å². The molecule has 2 aromatic rings. The van der Waals surface area contributed by atoms with Gasteiger partial charge >= 0.3 is 0 Å². The fourth-order valence-electron chi connectivity index (χ4n) is 2.91. The average molecular weight is 331 g/mol. The monoisotopic (exact) mass is 330 g/mol. The Balaban J connectivity index is 1.74. The van der Waals surface area contributed by atoms with Crippen molar-refractivity contribution in [1.82, 2.24) is 0 Å². The standard InChI is InChI=1S/C18H19ClN2O2/c1-23-14-7-6-13(15(19)11-14)10-16(20)18(22)21-9-8-12-4-2-3-5-17(12)21/h2-7,11,16H,8-10,20H2,1H3/t16-/m1/s1. The van der Waals surface area contributed by atoms with Crippen molar-refractivity contribution in [3.63, 3.8) is 0 Å². The fourth-order valence-corrected chi connectivity index (χ4v) is 3.16. The molecule has 23 heavy (non-hydrogen) atoms. The zero-order chi connectivity index (χ0) is 16.4. The number of amides is 1. The fraction of sp³-hybridized carbons (Fsp3) is 0.278. The minimum atomic E-state index is -0.618. The van der Waals surface area contributed by atoms with Gasteiger partial charge in [0.15, 0.2) is 0 Å². The van der Waals surface area contributed by atoms with Crippen molar-refractivity contribution in [2.24, 2.45) is 5.73 Å². The summed E-state index contributed by atoms with van der Waals surface area (Å²) in [4.78, 5) is 14.5. The van der Waals surface area contributed by atoms with Crippen LogP contribution in [-0.2, 0) is 17.6 Å². The van der Waals surface area contributed by atoms with Gasteiger partial charge in [-0.25, -0.2) is 0 Å². The van der Waals surface area contributed by atoms with Gasteiger partial charge in [0.05, 0.1) is 13.2 Å². The van der Waals surface area contributed by atoms with Crippen LogP contribution in [0.3, 0.4) is 0 Å². The van der Waals surface area contributed by atoms with E-state index in [1.807, 2.05) is 30.3 Å².